The molecule has 3 rings (SSSR count). The zero-order valence-corrected chi connectivity index (χ0v) is 20.7. The van der Waals surface area contributed by atoms with Crippen molar-refractivity contribution in [3.05, 3.63) is 64.1 Å². The van der Waals surface area contributed by atoms with E-state index < -0.39 is 47.0 Å². The lowest BCUT2D eigenvalue weighted by atomic mass is 9.84. The fourth-order valence-electron chi connectivity index (χ4n) is 3.49. The van der Waals surface area contributed by atoms with Crippen molar-refractivity contribution in [2.24, 2.45) is 11.1 Å². The van der Waals surface area contributed by atoms with E-state index in [0.29, 0.717) is 5.56 Å². The molecule has 2 heterocycles. The second-order valence-electron chi connectivity index (χ2n) is 9.18. The Bertz CT molecular complexity index is 1370. The van der Waals surface area contributed by atoms with E-state index in [2.05, 4.69) is 19.7 Å². The number of carbonyl (C=O) groups is 1. The number of nitrogens with one attached hydrogen (secondary N) is 1. The third kappa shape index (κ3) is 8.27. The molecule has 1 amide bonds. The molecule has 0 aliphatic carbocycles. The van der Waals surface area contributed by atoms with Gasteiger partial charge in [0.05, 0.1) is 17.9 Å². The Morgan fingerprint density at radius 1 is 1.03 bits per heavy atom. The highest BCUT2D eigenvalue weighted by Crippen LogP contribution is 2.37. The molecule has 39 heavy (non-hydrogen) atoms. The fourth-order valence-corrected chi connectivity index (χ4v) is 3.49. The second kappa shape index (κ2) is 11.4. The van der Waals surface area contributed by atoms with Crippen molar-refractivity contribution in [3.8, 4) is 28.5 Å². The predicted molar refractivity (Wildman–Crippen MR) is 128 cm³/mol. The minimum atomic E-state index is -4.77. The van der Waals surface area contributed by atoms with Crippen molar-refractivity contribution in [2.75, 3.05) is 19.8 Å². The Morgan fingerprint density at radius 3 is 2.33 bits per heavy atom. The molecule has 0 spiro atoms. The Morgan fingerprint density at radius 2 is 1.74 bits per heavy atom. The van der Waals surface area contributed by atoms with Crippen LogP contribution >= 0.6 is 0 Å². The van der Waals surface area contributed by atoms with Gasteiger partial charge in [-0.25, -0.2) is 9.97 Å². The number of hydrogen-bond donors (Lipinski definition) is 2. The number of alkyl halides is 6. The number of carbonyl (C=O) groups excluding carboxylic acids is 1. The summed E-state index contributed by atoms with van der Waals surface area (Å²) in [6.07, 6.45) is -7.94. The van der Waals surface area contributed by atoms with Gasteiger partial charge in [0.15, 0.2) is 0 Å². The van der Waals surface area contributed by atoms with Crippen molar-refractivity contribution in [3.63, 3.8) is 0 Å². The van der Waals surface area contributed by atoms with Gasteiger partial charge in [-0.15, -0.1) is 0 Å². The minimum absolute atomic E-state index is 0.0114. The number of halogens is 6. The molecule has 0 bridgehead atoms. The number of ether oxygens (including phenoxy) is 2. The molecular formula is C25H24F6N4O4. The van der Waals surface area contributed by atoms with E-state index >= 15 is 0 Å². The first-order valence-electron chi connectivity index (χ1n) is 11.4. The predicted octanol–water partition coefficient (Wildman–Crippen LogP) is 4.53. The van der Waals surface area contributed by atoms with Gasteiger partial charge < -0.3 is 20.2 Å². The van der Waals surface area contributed by atoms with Gasteiger partial charge in [-0.3, -0.25) is 9.59 Å². The highest BCUT2D eigenvalue weighted by atomic mass is 19.4. The van der Waals surface area contributed by atoms with Gasteiger partial charge in [0.1, 0.15) is 19.0 Å². The van der Waals surface area contributed by atoms with Crippen LogP contribution in [0.1, 0.15) is 25.0 Å². The van der Waals surface area contributed by atoms with Crippen molar-refractivity contribution in [1.29, 1.82) is 0 Å². The number of nitrogens with two attached hydrogens (primary N) is 1. The van der Waals surface area contributed by atoms with Gasteiger partial charge >= 0.3 is 12.4 Å². The molecule has 0 unspecified atom stereocenters. The maximum absolute atomic E-state index is 13.8. The smallest absolute Gasteiger partial charge is 0.417 e. The molecule has 14 heteroatoms. The fraction of sp³-hybridized carbons (Fsp3) is 0.360. The molecule has 0 aliphatic heterocycles. The number of aromatic amines is 1. The Kier molecular flexibility index (Phi) is 8.68. The van der Waals surface area contributed by atoms with Crippen LogP contribution in [0.25, 0.3) is 22.6 Å². The van der Waals surface area contributed by atoms with Crippen molar-refractivity contribution >= 4 is 5.91 Å². The van der Waals surface area contributed by atoms with Gasteiger partial charge in [0.25, 0.3) is 5.56 Å². The summed E-state index contributed by atoms with van der Waals surface area (Å²) in [6.45, 7) is 1.16. The lowest BCUT2D eigenvalue weighted by Gasteiger charge is -2.21. The molecule has 0 radical (unpaired) electrons. The van der Waals surface area contributed by atoms with Gasteiger partial charge in [0, 0.05) is 34.9 Å². The topological polar surface area (TPSA) is 120 Å². The number of pyridine rings is 1. The average molecular weight is 558 g/mol. The van der Waals surface area contributed by atoms with Crippen LogP contribution in [-0.2, 0) is 22.1 Å². The lowest BCUT2D eigenvalue weighted by Crippen LogP contribution is -2.33. The van der Waals surface area contributed by atoms with Crippen LogP contribution in [0.2, 0.25) is 0 Å². The standard InChI is InChI=1S/C25H24F6N4O4/c1-23(2,22(32)37)11-14-3-5-17(25(29,30)31)16(9-14)21-34-18(10-19(36)35-21)15-4-6-20(33-12-15)39-8-7-38-13-24(26,27)28/h3-6,9-10,12H,7-8,11,13H2,1-2H3,(H2,32,37)(H,34,35,36). The van der Waals surface area contributed by atoms with Crippen LogP contribution in [0.5, 0.6) is 5.88 Å². The van der Waals surface area contributed by atoms with E-state index in [1.165, 1.54) is 30.5 Å². The summed E-state index contributed by atoms with van der Waals surface area (Å²) in [5.74, 6) is -0.944. The molecule has 3 aromatic rings. The summed E-state index contributed by atoms with van der Waals surface area (Å²) in [4.78, 5) is 34.6. The SMILES string of the molecule is CC(C)(Cc1ccc(C(F)(F)F)c(-c2nc(-c3ccc(OCCOCC(F)(F)F)nc3)cc(=O)[nH]2)c1)C(N)=O. The Labute approximate surface area is 218 Å². The first-order chi connectivity index (χ1) is 18.0. The van der Waals surface area contributed by atoms with E-state index in [0.717, 1.165) is 12.1 Å². The molecule has 2 aromatic heterocycles. The van der Waals surface area contributed by atoms with E-state index in [1.54, 1.807) is 13.8 Å². The summed E-state index contributed by atoms with van der Waals surface area (Å²) in [5, 5.41) is 0. The number of benzene rings is 1. The molecule has 3 N–H and O–H groups in total. The van der Waals surface area contributed by atoms with E-state index in [-0.39, 0.29) is 42.6 Å². The second-order valence-corrected chi connectivity index (χ2v) is 9.18. The third-order valence-corrected chi connectivity index (χ3v) is 5.47. The van der Waals surface area contributed by atoms with E-state index in [4.69, 9.17) is 10.5 Å². The highest BCUT2D eigenvalue weighted by Gasteiger charge is 2.35. The Balaban J connectivity index is 1.89. The number of amides is 1. The molecule has 0 atom stereocenters. The number of H-pyrrole nitrogens is 1. The van der Waals surface area contributed by atoms with Crippen LogP contribution in [-0.4, -0.2) is 46.9 Å². The van der Waals surface area contributed by atoms with Crippen molar-refractivity contribution < 1.29 is 40.6 Å². The highest BCUT2D eigenvalue weighted by molar-refractivity contribution is 5.80. The molecule has 1 aromatic carbocycles. The van der Waals surface area contributed by atoms with Gasteiger partial charge in [-0.2, -0.15) is 26.3 Å². The van der Waals surface area contributed by atoms with Gasteiger partial charge in [0.2, 0.25) is 11.8 Å². The van der Waals surface area contributed by atoms with Crippen LogP contribution in [0.15, 0.2) is 47.4 Å². The monoisotopic (exact) mass is 558 g/mol. The summed E-state index contributed by atoms with van der Waals surface area (Å²) >= 11 is 0. The molecule has 210 valence electrons. The summed E-state index contributed by atoms with van der Waals surface area (Å²) < 4.78 is 87.4. The third-order valence-electron chi connectivity index (χ3n) is 5.47. The van der Waals surface area contributed by atoms with Crippen LogP contribution in [0.4, 0.5) is 26.3 Å². The quantitative estimate of drug-likeness (QED) is 0.279. The van der Waals surface area contributed by atoms with E-state index in [9.17, 15) is 35.9 Å². The minimum Gasteiger partial charge on any atom is -0.475 e. The van der Waals surface area contributed by atoms with Crippen molar-refractivity contribution in [1.82, 2.24) is 15.0 Å². The average Bonchev–Trinajstić information content (AvgIpc) is 2.82. The molecule has 0 fully saturated rings. The van der Waals surface area contributed by atoms with E-state index in [1.807, 2.05) is 0 Å². The number of hydrogen-bond acceptors (Lipinski definition) is 6. The number of nitrogens with zero attached hydrogens (tertiary/aromatic N) is 2. The van der Waals surface area contributed by atoms with Gasteiger partial charge in [-0.1, -0.05) is 19.9 Å². The lowest BCUT2D eigenvalue weighted by molar-refractivity contribution is -0.175. The normalized spacial score (nSPS) is 12.4. The molecule has 0 saturated carbocycles. The first-order valence-corrected chi connectivity index (χ1v) is 11.4. The Hall–Kier alpha value is -3.94. The van der Waals surface area contributed by atoms with Crippen LogP contribution < -0.4 is 16.0 Å². The van der Waals surface area contributed by atoms with Crippen LogP contribution in [0, 0.1) is 5.41 Å². The zero-order chi connectivity index (χ0) is 29.0. The summed E-state index contributed by atoms with van der Waals surface area (Å²) in [5.41, 5.74) is 2.84. The molecule has 8 nitrogen and oxygen atoms in total. The van der Waals surface area contributed by atoms with Gasteiger partial charge in [-0.05, 0) is 30.2 Å². The summed E-state index contributed by atoms with van der Waals surface area (Å²) in [6, 6.07) is 7.14. The zero-order valence-electron chi connectivity index (χ0n) is 20.7. The number of aromatic nitrogens is 3. The maximum Gasteiger partial charge on any atom is 0.417 e. The molecule has 0 saturated heterocycles. The molecular weight excluding hydrogens is 534 g/mol. The summed E-state index contributed by atoms with van der Waals surface area (Å²) in [7, 11) is 0. The number of primary amides is 1. The maximum atomic E-state index is 13.8. The first kappa shape index (κ1) is 29.6. The molecule has 0 aliphatic rings. The number of rotatable bonds is 10. The van der Waals surface area contributed by atoms with Crippen molar-refractivity contribution in [2.45, 2.75) is 32.6 Å². The largest absolute Gasteiger partial charge is 0.475 e. The van der Waals surface area contributed by atoms with Crippen LogP contribution in [0.3, 0.4) is 0 Å².